The van der Waals surface area contributed by atoms with E-state index >= 15 is 0 Å². The number of carbonyl (C=O) groups excluding carboxylic acids is 1. The van der Waals surface area contributed by atoms with Crippen molar-refractivity contribution in [1.29, 1.82) is 0 Å². The fourth-order valence-electron chi connectivity index (χ4n) is 7.12. The SMILES string of the molecule is CC1(C)C(=O)N(C2C3CC4CC2CC(O)(C4)C3)N1c1cccc2ccccc12. The number of hydrogen-bond acceptors (Lipinski definition) is 3. The number of carbonyl (C=O) groups is 1. The molecule has 5 aliphatic rings. The van der Waals surface area contributed by atoms with Gasteiger partial charge in [0.2, 0.25) is 0 Å². The van der Waals surface area contributed by atoms with Crippen LogP contribution in [-0.2, 0) is 4.79 Å². The van der Waals surface area contributed by atoms with E-state index in [9.17, 15) is 9.90 Å². The molecular formula is C24H28N2O2. The summed E-state index contributed by atoms with van der Waals surface area (Å²) in [7, 11) is 0. The van der Waals surface area contributed by atoms with E-state index in [1.165, 1.54) is 10.8 Å². The molecule has 1 amide bonds. The second-order valence-electron chi connectivity index (χ2n) is 10.2. The van der Waals surface area contributed by atoms with Crippen LogP contribution in [0, 0.1) is 17.8 Å². The van der Waals surface area contributed by atoms with E-state index in [4.69, 9.17) is 0 Å². The van der Waals surface area contributed by atoms with E-state index in [1.54, 1.807) is 0 Å². The van der Waals surface area contributed by atoms with Crippen LogP contribution in [0.15, 0.2) is 42.5 Å². The molecule has 28 heavy (non-hydrogen) atoms. The maximum Gasteiger partial charge on any atom is 0.268 e. The summed E-state index contributed by atoms with van der Waals surface area (Å²) < 4.78 is 0. The van der Waals surface area contributed by atoms with Gasteiger partial charge in [-0.1, -0.05) is 36.4 Å². The molecule has 4 bridgehead atoms. The van der Waals surface area contributed by atoms with E-state index in [1.807, 2.05) is 13.8 Å². The maximum atomic E-state index is 13.3. The third-order valence-electron chi connectivity index (χ3n) is 7.94. The number of rotatable bonds is 2. The highest BCUT2D eigenvalue weighted by molar-refractivity contribution is 6.03. The van der Waals surface area contributed by atoms with Crippen molar-refractivity contribution < 1.29 is 9.90 Å². The molecule has 0 aromatic heterocycles. The van der Waals surface area contributed by atoms with Crippen molar-refractivity contribution in [2.45, 2.75) is 63.1 Å². The molecule has 1 saturated heterocycles. The molecule has 1 aliphatic heterocycles. The second kappa shape index (κ2) is 5.29. The van der Waals surface area contributed by atoms with Crippen molar-refractivity contribution >= 4 is 22.4 Å². The van der Waals surface area contributed by atoms with Gasteiger partial charge in [-0.2, -0.15) is 0 Å². The highest BCUT2D eigenvalue weighted by Crippen LogP contribution is 2.59. The molecule has 0 spiro atoms. The smallest absolute Gasteiger partial charge is 0.268 e. The van der Waals surface area contributed by atoms with Gasteiger partial charge in [0.15, 0.2) is 0 Å². The first-order valence-electron chi connectivity index (χ1n) is 10.7. The van der Waals surface area contributed by atoms with E-state index in [-0.39, 0.29) is 11.9 Å². The van der Waals surface area contributed by atoms with Gasteiger partial charge in [-0.15, -0.1) is 0 Å². The number of fused-ring (bicyclic) bond motifs is 1. The molecule has 2 aromatic rings. The molecule has 2 atom stereocenters. The van der Waals surface area contributed by atoms with Crippen LogP contribution in [0.3, 0.4) is 0 Å². The Labute approximate surface area is 166 Å². The van der Waals surface area contributed by atoms with Crippen molar-refractivity contribution in [2.24, 2.45) is 17.8 Å². The lowest BCUT2D eigenvalue weighted by Crippen LogP contribution is -2.81. The van der Waals surface area contributed by atoms with Gasteiger partial charge in [-0.3, -0.25) is 9.80 Å². The van der Waals surface area contributed by atoms with Crippen LogP contribution >= 0.6 is 0 Å². The monoisotopic (exact) mass is 376 g/mol. The lowest BCUT2D eigenvalue weighted by Gasteiger charge is -2.67. The van der Waals surface area contributed by atoms with Crippen LogP contribution in [0.1, 0.15) is 46.0 Å². The summed E-state index contributed by atoms with van der Waals surface area (Å²) in [6.45, 7) is 4.08. The van der Waals surface area contributed by atoms with Gasteiger partial charge in [0.05, 0.1) is 17.3 Å². The van der Waals surface area contributed by atoms with Crippen LogP contribution in [0.4, 0.5) is 5.69 Å². The van der Waals surface area contributed by atoms with Gasteiger partial charge < -0.3 is 5.11 Å². The summed E-state index contributed by atoms with van der Waals surface area (Å²) in [6, 6.07) is 15.0. The number of aliphatic hydroxyl groups is 1. The Morgan fingerprint density at radius 3 is 2.36 bits per heavy atom. The fourth-order valence-corrected chi connectivity index (χ4v) is 7.12. The summed E-state index contributed by atoms with van der Waals surface area (Å²) in [5.41, 5.74) is 0.117. The third kappa shape index (κ3) is 2.07. The van der Waals surface area contributed by atoms with Crippen molar-refractivity contribution in [2.75, 3.05) is 5.01 Å². The van der Waals surface area contributed by atoms with Gasteiger partial charge in [-0.25, -0.2) is 5.01 Å². The molecule has 4 saturated carbocycles. The zero-order valence-corrected chi connectivity index (χ0v) is 16.6. The highest BCUT2D eigenvalue weighted by atomic mass is 16.3. The predicted molar refractivity (Wildman–Crippen MR) is 110 cm³/mol. The van der Waals surface area contributed by atoms with Gasteiger partial charge in [0.25, 0.3) is 5.91 Å². The summed E-state index contributed by atoms with van der Waals surface area (Å²) in [6.07, 6.45) is 5.02. The van der Waals surface area contributed by atoms with Gasteiger partial charge in [-0.05, 0) is 75.2 Å². The zero-order chi connectivity index (χ0) is 19.3. The number of benzene rings is 2. The zero-order valence-electron chi connectivity index (χ0n) is 16.6. The summed E-state index contributed by atoms with van der Waals surface area (Å²) in [4.78, 5) is 13.3. The summed E-state index contributed by atoms with van der Waals surface area (Å²) in [5, 5.41) is 17.7. The van der Waals surface area contributed by atoms with E-state index in [2.05, 4.69) is 52.5 Å². The molecule has 1 N–H and O–H groups in total. The normalized spacial score (nSPS) is 38.2. The number of nitrogens with zero attached hydrogens (tertiary/aromatic N) is 2. The first-order chi connectivity index (χ1) is 13.4. The fraction of sp³-hybridized carbons (Fsp3) is 0.542. The Bertz CT molecular complexity index is 962. The molecule has 4 nitrogen and oxygen atoms in total. The topological polar surface area (TPSA) is 43.8 Å². The molecule has 7 rings (SSSR count). The molecule has 1 heterocycles. The molecule has 2 unspecified atom stereocenters. The standard InChI is InChI=1S/C24H28N2O2/c1-23(2)22(27)25(21-17-10-15-11-18(21)14-24(28,12-15)13-17)26(23)20-9-5-7-16-6-3-4-8-19(16)20/h3-9,15,17-18,21,28H,10-14H2,1-2H3. The van der Waals surface area contributed by atoms with Crippen LogP contribution in [0.2, 0.25) is 0 Å². The first kappa shape index (κ1) is 16.8. The quantitative estimate of drug-likeness (QED) is 0.857. The second-order valence-corrected chi connectivity index (χ2v) is 10.2. The maximum absolute atomic E-state index is 13.3. The number of anilines is 1. The van der Waals surface area contributed by atoms with Gasteiger partial charge in [0, 0.05) is 5.39 Å². The molecule has 2 aromatic carbocycles. The largest absolute Gasteiger partial charge is 0.390 e. The average molecular weight is 377 g/mol. The third-order valence-corrected chi connectivity index (χ3v) is 7.94. The van der Waals surface area contributed by atoms with Crippen molar-refractivity contribution in [3.05, 3.63) is 42.5 Å². The molecule has 4 heteroatoms. The Morgan fingerprint density at radius 2 is 1.64 bits per heavy atom. The Morgan fingerprint density at radius 1 is 0.964 bits per heavy atom. The lowest BCUT2D eigenvalue weighted by atomic mass is 9.52. The van der Waals surface area contributed by atoms with Gasteiger partial charge >= 0.3 is 0 Å². The molecule has 4 aliphatic carbocycles. The Hall–Kier alpha value is -2.07. The lowest BCUT2D eigenvalue weighted by molar-refractivity contribution is -0.190. The van der Waals surface area contributed by atoms with Gasteiger partial charge in [0.1, 0.15) is 5.54 Å². The number of hydrogen-bond donors (Lipinski definition) is 1. The van der Waals surface area contributed by atoms with Crippen molar-refractivity contribution in [3.63, 3.8) is 0 Å². The van der Waals surface area contributed by atoms with Crippen LogP contribution in [-0.4, -0.2) is 33.2 Å². The van der Waals surface area contributed by atoms with E-state index in [0.717, 1.165) is 37.8 Å². The van der Waals surface area contributed by atoms with E-state index < -0.39 is 11.1 Å². The highest BCUT2D eigenvalue weighted by Gasteiger charge is 2.63. The minimum atomic E-state index is -0.532. The average Bonchev–Trinajstić information content (AvgIpc) is 2.65. The van der Waals surface area contributed by atoms with Crippen molar-refractivity contribution in [1.82, 2.24) is 5.01 Å². The number of amides is 1. The summed E-state index contributed by atoms with van der Waals surface area (Å²) in [5.74, 6) is 1.72. The molecule has 146 valence electrons. The van der Waals surface area contributed by atoms with Crippen molar-refractivity contribution in [3.8, 4) is 0 Å². The minimum Gasteiger partial charge on any atom is -0.390 e. The molecule has 0 radical (unpaired) electrons. The molecule has 5 fully saturated rings. The number of hydrazine groups is 1. The summed E-state index contributed by atoms with van der Waals surface area (Å²) >= 11 is 0. The Balaban J connectivity index is 1.44. The van der Waals surface area contributed by atoms with Crippen LogP contribution in [0.5, 0.6) is 0 Å². The van der Waals surface area contributed by atoms with Crippen LogP contribution in [0.25, 0.3) is 10.8 Å². The van der Waals surface area contributed by atoms with E-state index in [0.29, 0.717) is 17.8 Å². The Kier molecular flexibility index (Phi) is 3.18. The molecular weight excluding hydrogens is 348 g/mol. The predicted octanol–water partition coefficient (Wildman–Crippen LogP) is 4.12. The minimum absolute atomic E-state index is 0.227. The first-order valence-corrected chi connectivity index (χ1v) is 10.7. The van der Waals surface area contributed by atoms with Crippen LogP contribution < -0.4 is 5.01 Å².